The number of aliphatic carboxylic acids is 1. The second kappa shape index (κ2) is 6.69. The molecule has 1 rings (SSSR count). The van der Waals surface area contributed by atoms with Crippen LogP contribution in [-0.2, 0) is 21.4 Å². The number of phenols is 1. The van der Waals surface area contributed by atoms with E-state index in [2.05, 4.69) is 9.44 Å². The Morgan fingerprint density at radius 2 is 1.75 bits per heavy atom. The Morgan fingerprint density at radius 3 is 2.20 bits per heavy atom. The minimum Gasteiger partial charge on any atom is -0.508 e. The minimum absolute atomic E-state index is 0.0192. The first kappa shape index (κ1) is 16.4. The van der Waals surface area contributed by atoms with Crippen molar-refractivity contribution < 1.29 is 23.4 Å². The number of carbonyl (C=O) groups is 1. The lowest BCUT2D eigenvalue weighted by Crippen LogP contribution is -2.49. The van der Waals surface area contributed by atoms with Crippen LogP contribution < -0.4 is 9.44 Å². The highest BCUT2D eigenvalue weighted by atomic mass is 32.2. The molecule has 1 atom stereocenters. The third-order valence-corrected chi connectivity index (χ3v) is 3.74. The number of rotatable bonds is 7. The fourth-order valence-electron chi connectivity index (χ4n) is 1.58. The molecule has 0 fully saturated rings. The molecule has 0 saturated heterocycles. The average molecular weight is 302 g/mol. The van der Waals surface area contributed by atoms with E-state index in [1.165, 1.54) is 24.3 Å². The van der Waals surface area contributed by atoms with E-state index < -0.39 is 22.2 Å². The molecular formula is C12H18N2O5S. The van der Waals surface area contributed by atoms with Crippen LogP contribution in [0.2, 0.25) is 0 Å². The van der Waals surface area contributed by atoms with Gasteiger partial charge in [-0.25, -0.2) is 0 Å². The number of hydrogen-bond donors (Lipinski definition) is 4. The standard InChI is InChI=1S/C12H18N2O5S/c1-8(2)13-20(18,19)14-11(12(16)17)7-9-3-5-10(15)6-4-9/h3-6,8,11,13-15H,7H2,1-2H3,(H,16,17)/t11-/m1/s1. The highest BCUT2D eigenvalue weighted by molar-refractivity contribution is 7.87. The van der Waals surface area contributed by atoms with Gasteiger partial charge in [0.25, 0.3) is 10.2 Å². The van der Waals surface area contributed by atoms with Crippen LogP contribution in [0.25, 0.3) is 0 Å². The van der Waals surface area contributed by atoms with E-state index in [0.717, 1.165) is 0 Å². The average Bonchev–Trinajstić information content (AvgIpc) is 2.29. The maximum Gasteiger partial charge on any atom is 0.322 e. The Kier molecular flexibility index (Phi) is 5.49. The van der Waals surface area contributed by atoms with E-state index >= 15 is 0 Å². The molecule has 0 spiro atoms. The molecule has 112 valence electrons. The van der Waals surface area contributed by atoms with Crippen molar-refractivity contribution >= 4 is 16.2 Å². The molecule has 0 heterocycles. The predicted octanol–water partition coefficient (Wildman–Crippen LogP) is 0.220. The molecule has 0 unspecified atom stereocenters. The summed E-state index contributed by atoms with van der Waals surface area (Å²) in [6, 6.07) is 4.28. The van der Waals surface area contributed by atoms with Crippen LogP contribution in [0.4, 0.5) is 0 Å². The SMILES string of the molecule is CC(C)NS(=O)(=O)N[C@H](Cc1ccc(O)cc1)C(=O)O. The second-order valence-electron chi connectivity index (χ2n) is 4.66. The molecule has 8 heteroatoms. The zero-order chi connectivity index (χ0) is 15.3. The zero-order valence-corrected chi connectivity index (χ0v) is 12.0. The van der Waals surface area contributed by atoms with Crippen LogP contribution in [0.1, 0.15) is 19.4 Å². The summed E-state index contributed by atoms with van der Waals surface area (Å²) in [5.74, 6) is -1.21. The van der Waals surface area contributed by atoms with Gasteiger partial charge >= 0.3 is 5.97 Å². The molecule has 20 heavy (non-hydrogen) atoms. The summed E-state index contributed by atoms with van der Waals surface area (Å²) >= 11 is 0. The molecule has 0 aromatic heterocycles. The number of benzene rings is 1. The van der Waals surface area contributed by atoms with Gasteiger partial charge in [-0.1, -0.05) is 12.1 Å². The number of carboxylic acid groups (broad SMARTS) is 1. The number of hydrogen-bond acceptors (Lipinski definition) is 4. The molecule has 1 aromatic carbocycles. The van der Waals surface area contributed by atoms with Crippen molar-refractivity contribution in [1.29, 1.82) is 0 Å². The summed E-state index contributed by atoms with van der Waals surface area (Å²) in [6.07, 6.45) is -0.0192. The van der Waals surface area contributed by atoms with E-state index in [-0.39, 0.29) is 18.2 Å². The number of nitrogens with one attached hydrogen (secondary N) is 2. The van der Waals surface area contributed by atoms with Gasteiger partial charge in [-0.3, -0.25) is 4.79 Å². The first-order valence-corrected chi connectivity index (χ1v) is 7.48. The number of phenolic OH excluding ortho intramolecular Hbond substituents is 1. The Balaban J connectivity index is 2.80. The number of aromatic hydroxyl groups is 1. The minimum atomic E-state index is -3.88. The lowest BCUT2D eigenvalue weighted by molar-refractivity contribution is -0.138. The van der Waals surface area contributed by atoms with Crippen molar-refractivity contribution in [3.05, 3.63) is 29.8 Å². The smallest absolute Gasteiger partial charge is 0.322 e. The van der Waals surface area contributed by atoms with Crippen molar-refractivity contribution in [2.24, 2.45) is 0 Å². The molecular weight excluding hydrogens is 284 g/mol. The van der Waals surface area contributed by atoms with Gasteiger partial charge in [-0.05, 0) is 38.0 Å². The largest absolute Gasteiger partial charge is 0.508 e. The summed E-state index contributed by atoms with van der Waals surface area (Å²) < 4.78 is 27.7. The molecule has 0 radical (unpaired) electrons. The molecule has 0 aliphatic rings. The van der Waals surface area contributed by atoms with Crippen LogP contribution in [0, 0.1) is 0 Å². The van der Waals surface area contributed by atoms with Gasteiger partial charge < -0.3 is 10.2 Å². The van der Waals surface area contributed by atoms with Crippen LogP contribution in [-0.4, -0.2) is 36.7 Å². The quantitative estimate of drug-likeness (QED) is 0.575. The molecule has 7 nitrogen and oxygen atoms in total. The van der Waals surface area contributed by atoms with Crippen molar-refractivity contribution in [3.8, 4) is 5.75 Å². The second-order valence-corrected chi connectivity index (χ2v) is 6.13. The fourth-order valence-corrected chi connectivity index (χ4v) is 2.83. The molecule has 0 amide bonds. The normalized spacial score (nSPS) is 13.3. The summed E-state index contributed by atoms with van der Waals surface area (Å²) in [6.45, 7) is 3.27. The third kappa shape index (κ3) is 5.55. The summed E-state index contributed by atoms with van der Waals surface area (Å²) in [5.41, 5.74) is 0.599. The third-order valence-electron chi connectivity index (χ3n) is 2.36. The molecule has 0 aliphatic heterocycles. The Morgan fingerprint density at radius 1 is 1.20 bits per heavy atom. The summed E-state index contributed by atoms with van der Waals surface area (Å²) in [5, 5.41) is 18.2. The highest BCUT2D eigenvalue weighted by Gasteiger charge is 2.24. The van der Waals surface area contributed by atoms with Gasteiger partial charge in [-0.15, -0.1) is 0 Å². The first-order valence-electron chi connectivity index (χ1n) is 6.00. The molecule has 0 saturated carbocycles. The van der Waals surface area contributed by atoms with Crippen LogP contribution in [0.3, 0.4) is 0 Å². The zero-order valence-electron chi connectivity index (χ0n) is 11.2. The first-order chi connectivity index (χ1) is 9.19. The van der Waals surface area contributed by atoms with Gasteiger partial charge in [-0.2, -0.15) is 17.9 Å². The van der Waals surface area contributed by atoms with Gasteiger partial charge in [0.2, 0.25) is 0 Å². The van der Waals surface area contributed by atoms with Gasteiger partial charge in [0, 0.05) is 6.04 Å². The van der Waals surface area contributed by atoms with Crippen molar-refractivity contribution in [3.63, 3.8) is 0 Å². The van der Waals surface area contributed by atoms with E-state index in [1.807, 2.05) is 0 Å². The van der Waals surface area contributed by atoms with Gasteiger partial charge in [0.1, 0.15) is 11.8 Å². The van der Waals surface area contributed by atoms with Crippen molar-refractivity contribution in [2.45, 2.75) is 32.4 Å². The maximum atomic E-state index is 11.7. The number of carboxylic acids is 1. The van der Waals surface area contributed by atoms with E-state index in [4.69, 9.17) is 10.2 Å². The molecule has 1 aromatic rings. The Hall–Kier alpha value is -1.64. The topological polar surface area (TPSA) is 116 Å². The van der Waals surface area contributed by atoms with Crippen LogP contribution >= 0.6 is 0 Å². The molecule has 0 aliphatic carbocycles. The summed E-state index contributed by atoms with van der Waals surface area (Å²) in [4.78, 5) is 11.1. The predicted molar refractivity (Wildman–Crippen MR) is 73.6 cm³/mol. The van der Waals surface area contributed by atoms with E-state index in [9.17, 15) is 13.2 Å². The Bertz CT molecular complexity index is 554. The molecule has 4 N–H and O–H groups in total. The lowest BCUT2D eigenvalue weighted by Gasteiger charge is -2.16. The maximum absolute atomic E-state index is 11.7. The van der Waals surface area contributed by atoms with E-state index in [1.54, 1.807) is 13.8 Å². The summed E-state index contributed by atoms with van der Waals surface area (Å²) in [7, 11) is -3.88. The van der Waals surface area contributed by atoms with Crippen molar-refractivity contribution in [1.82, 2.24) is 9.44 Å². The fraction of sp³-hybridized carbons (Fsp3) is 0.417. The lowest BCUT2D eigenvalue weighted by atomic mass is 10.1. The Labute approximate surface area is 117 Å². The van der Waals surface area contributed by atoms with E-state index in [0.29, 0.717) is 5.56 Å². The van der Waals surface area contributed by atoms with Gasteiger partial charge in [0.05, 0.1) is 0 Å². The van der Waals surface area contributed by atoms with Gasteiger partial charge in [0.15, 0.2) is 0 Å². The van der Waals surface area contributed by atoms with Crippen molar-refractivity contribution in [2.75, 3.05) is 0 Å². The van der Waals surface area contributed by atoms with Crippen LogP contribution in [0.5, 0.6) is 5.75 Å². The monoisotopic (exact) mass is 302 g/mol. The van der Waals surface area contributed by atoms with Crippen LogP contribution in [0.15, 0.2) is 24.3 Å². The molecule has 0 bridgehead atoms. The highest BCUT2D eigenvalue weighted by Crippen LogP contribution is 2.11.